The zero-order valence-electron chi connectivity index (χ0n) is 13.0. The summed E-state index contributed by atoms with van der Waals surface area (Å²) in [4.78, 5) is 1.04. The number of hydrazone groups is 1. The predicted molar refractivity (Wildman–Crippen MR) is 101 cm³/mol. The summed E-state index contributed by atoms with van der Waals surface area (Å²) in [5.74, 6) is 1.43. The van der Waals surface area contributed by atoms with Crippen LogP contribution in [0.15, 0.2) is 52.5 Å². The lowest BCUT2D eigenvalue weighted by atomic mass is 10.1. The van der Waals surface area contributed by atoms with E-state index in [-0.39, 0.29) is 5.82 Å². The Morgan fingerprint density at radius 3 is 2.79 bits per heavy atom. The Bertz CT molecular complexity index is 778. The maximum atomic E-state index is 13.5. The lowest BCUT2D eigenvalue weighted by Crippen LogP contribution is -2.26. The van der Waals surface area contributed by atoms with Gasteiger partial charge in [-0.25, -0.2) is 4.39 Å². The fourth-order valence-corrected chi connectivity index (χ4v) is 3.49. The molecule has 1 heterocycles. The minimum atomic E-state index is -0.261. The molecule has 24 heavy (non-hydrogen) atoms. The number of benzene rings is 2. The van der Waals surface area contributed by atoms with Crippen LogP contribution in [-0.2, 0) is 0 Å². The van der Waals surface area contributed by atoms with E-state index in [4.69, 9.17) is 17.0 Å². The number of rotatable bonds is 3. The number of nitrogens with one attached hydrogen (secondary N) is 2. The lowest BCUT2D eigenvalue weighted by Gasteiger charge is -2.17. The van der Waals surface area contributed by atoms with Gasteiger partial charge in [-0.05, 0) is 54.7 Å². The molecular formula is C17H16FN3OS2. The highest BCUT2D eigenvalue weighted by molar-refractivity contribution is 7.99. The van der Waals surface area contributed by atoms with Gasteiger partial charge in [0.15, 0.2) is 5.11 Å². The molecule has 2 N–H and O–H groups in total. The standard InChI is InChI=1S/C17H16FN3OS2/c1-22-13-5-3-12(4-6-13)19-17(23)21-20-15-8-9-24-16-7-2-11(18)10-14(15)16/h2-7,10H,8-9H2,1H3,(H2,19,21,23). The second-order valence-corrected chi connectivity index (χ2v) is 6.64. The molecule has 0 atom stereocenters. The fraction of sp³-hybridized carbons (Fsp3) is 0.176. The van der Waals surface area contributed by atoms with Crippen LogP contribution >= 0.6 is 24.0 Å². The fourth-order valence-electron chi connectivity index (χ4n) is 2.31. The van der Waals surface area contributed by atoms with Gasteiger partial charge in [0.25, 0.3) is 0 Å². The summed E-state index contributed by atoms with van der Waals surface area (Å²) >= 11 is 6.96. The quantitative estimate of drug-likeness (QED) is 0.639. The molecule has 0 unspecified atom stereocenters. The third kappa shape index (κ3) is 4.04. The zero-order chi connectivity index (χ0) is 16.9. The molecule has 2 aromatic carbocycles. The first-order chi connectivity index (χ1) is 11.7. The van der Waals surface area contributed by atoms with Crippen LogP contribution in [0, 0.1) is 5.82 Å². The summed E-state index contributed by atoms with van der Waals surface area (Å²) in [6.07, 6.45) is 0.763. The van der Waals surface area contributed by atoms with E-state index in [1.807, 2.05) is 24.3 Å². The lowest BCUT2D eigenvalue weighted by molar-refractivity contribution is 0.415. The number of fused-ring (bicyclic) bond motifs is 1. The molecule has 2 aromatic rings. The van der Waals surface area contributed by atoms with E-state index in [1.54, 1.807) is 24.9 Å². The number of methoxy groups -OCH3 is 1. The van der Waals surface area contributed by atoms with Gasteiger partial charge in [0, 0.05) is 28.3 Å². The number of ether oxygens (including phenoxy) is 1. The second-order valence-electron chi connectivity index (χ2n) is 5.09. The van der Waals surface area contributed by atoms with E-state index >= 15 is 0 Å². The van der Waals surface area contributed by atoms with Crippen molar-refractivity contribution in [1.82, 2.24) is 5.43 Å². The normalized spacial score (nSPS) is 14.8. The van der Waals surface area contributed by atoms with Crippen molar-refractivity contribution in [2.45, 2.75) is 11.3 Å². The summed E-state index contributed by atoms with van der Waals surface area (Å²) in [5.41, 5.74) is 5.30. The monoisotopic (exact) mass is 361 g/mol. The van der Waals surface area contributed by atoms with Gasteiger partial charge in [0.2, 0.25) is 0 Å². The van der Waals surface area contributed by atoms with Crippen LogP contribution in [0.5, 0.6) is 5.75 Å². The third-order valence-electron chi connectivity index (χ3n) is 3.49. The summed E-state index contributed by atoms with van der Waals surface area (Å²) in [5, 5.41) is 7.78. The molecule has 0 spiro atoms. The Morgan fingerprint density at radius 2 is 2.04 bits per heavy atom. The number of hydrogen-bond acceptors (Lipinski definition) is 4. The molecule has 0 bridgehead atoms. The molecule has 0 radical (unpaired) electrons. The van der Waals surface area contributed by atoms with Crippen molar-refractivity contribution >= 4 is 40.5 Å². The number of thioether (sulfide) groups is 1. The number of hydrogen-bond donors (Lipinski definition) is 2. The average Bonchev–Trinajstić information content (AvgIpc) is 2.60. The van der Waals surface area contributed by atoms with Crippen molar-refractivity contribution in [1.29, 1.82) is 0 Å². The topological polar surface area (TPSA) is 45.6 Å². The summed E-state index contributed by atoms with van der Waals surface area (Å²) in [6.45, 7) is 0. The second kappa shape index (κ2) is 7.63. The maximum Gasteiger partial charge on any atom is 0.191 e. The van der Waals surface area contributed by atoms with Crippen molar-refractivity contribution in [2.24, 2.45) is 5.10 Å². The van der Waals surface area contributed by atoms with Crippen molar-refractivity contribution in [3.05, 3.63) is 53.8 Å². The van der Waals surface area contributed by atoms with E-state index in [9.17, 15) is 4.39 Å². The first kappa shape index (κ1) is 16.7. The highest BCUT2D eigenvalue weighted by Crippen LogP contribution is 2.30. The largest absolute Gasteiger partial charge is 0.497 e. The molecule has 0 saturated carbocycles. The van der Waals surface area contributed by atoms with E-state index < -0.39 is 0 Å². The van der Waals surface area contributed by atoms with E-state index in [0.717, 1.165) is 39.8 Å². The molecule has 0 amide bonds. The third-order valence-corrected chi connectivity index (χ3v) is 4.76. The van der Waals surface area contributed by atoms with E-state index in [1.165, 1.54) is 12.1 Å². The molecule has 1 aliphatic heterocycles. The summed E-state index contributed by atoms with van der Waals surface area (Å²) in [7, 11) is 1.62. The van der Waals surface area contributed by atoms with Crippen LogP contribution in [0.3, 0.4) is 0 Å². The highest BCUT2D eigenvalue weighted by atomic mass is 32.2. The molecular weight excluding hydrogens is 345 g/mol. The van der Waals surface area contributed by atoms with Crippen molar-refractivity contribution < 1.29 is 9.13 Å². The first-order valence-corrected chi connectivity index (χ1v) is 8.75. The molecule has 4 nitrogen and oxygen atoms in total. The van der Waals surface area contributed by atoms with Gasteiger partial charge in [-0.3, -0.25) is 5.43 Å². The van der Waals surface area contributed by atoms with Crippen molar-refractivity contribution in [3.8, 4) is 5.75 Å². The number of nitrogens with zero attached hydrogens (tertiary/aromatic N) is 1. The Kier molecular flexibility index (Phi) is 5.32. The van der Waals surface area contributed by atoms with Gasteiger partial charge in [-0.1, -0.05) is 0 Å². The maximum absolute atomic E-state index is 13.5. The molecule has 124 valence electrons. The van der Waals surface area contributed by atoms with E-state index in [0.29, 0.717) is 5.11 Å². The van der Waals surface area contributed by atoms with Gasteiger partial charge >= 0.3 is 0 Å². The molecule has 0 saturated heterocycles. The van der Waals surface area contributed by atoms with Gasteiger partial charge in [0.1, 0.15) is 11.6 Å². The first-order valence-electron chi connectivity index (χ1n) is 7.36. The Morgan fingerprint density at radius 1 is 1.25 bits per heavy atom. The van der Waals surface area contributed by atoms with Gasteiger partial charge in [-0.2, -0.15) is 5.10 Å². The zero-order valence-corrected chi connectivity index (χ0v) is 14.6. The Labute approximate surface area is 149 Å². The van der Waals surface area contributed by atoms with Crippen LogP contribution < -0.4 is 15.5 Å². The van der Waals surface area contributed by atoms with Crippen LogP contribution in [0.1, 0.15) is 12.0 Å². The molecule has 0 fully saturated rings. The smallest absolute Gasteiger partial charge is 0.191 e. The van der Waals surface area contributed by atoms with Gasteiger partial charge in [0.05, 0.1) is 12.8 Å². The number of halogens is 1. The molecule has 1 aliphatic rings. The highest BCUT2D eigenvalue weighted by Gasteiger charge is 2.17. The van der Waals surface area contributed by atoms with Crippen LogP contribution in [0.2, 0.25) is 0 Å². The summed E-state index contributed by atoms with van der Waals surface area (Å²) in [6, 6.07) is 12.2. The predicted octanol–water partition coefficient (Wildman–Crippen LogP) is 4.02. The molecule has 7 heteroatoms. The minimum absolute atomic E-state index is 0.261. The summed E-state index contributed by atoms with van der Waals surface area (Å²) < 4.78 is 18.6. The van der Waals surface area contributed by atoms with E-state index in [2.05, 4.69) is 15.8 Å². The SMILES string of the molecule is COc1ccc(NC(=S)NN=C2CCSc3ccc(F)cc32)cc1. The Balaban J connectivity index is 1.67. The molecule has 0 aliphatic carbocycles. The molecule has 3 rings (SSSR count). The van der Waals surface area contributed by atoms with Gasteiger partial charge < -0.3 is 10.1 Å². The van der Waals surface area contributed by atoms with Crippen LogP contribution in [0.4, 0.5) is 10.1 Å². The molecule has 0 aromatic heterocycles. The number of anilines is 1. The Hall–Kier alpha value is -2.12. The van der Waals surface area contributed by atoms with Crippen LogP contribution in [0.25, 0.3) is 0 Å². The number of thiocarbonyl (C=S) groups is 1. The van der Waals surface area contributed by atoms with Crippen molar-refractivity contribution in [2.75, 3.05) is 18.2 Å². The van der Waals surface area contributed by atoms with Crippen molar-refractivity contribution in [3.63, 3.8) is 0 Å². The van der Waals surface area contributed by atoms with Crippen LogP contribution in [-0.4, -0.2) is 23.7 Å². The van der Waals surface area contributed by atoms with Gasteiger partial charge in [-0.15, -0.1) is 11.8 Å². The minimum Gasteiger partial charge on any atom is -0.497 e. The average molecular weight is 361 g/mol.